The van der Waals surface area contributed by atoms with Gasteiger partial charge in [0.15, 0.2) is 0 Å². The molecule has 0 aliphatic heterocycles. The maximum absolute atomic E-state index is 11.8. The number of hydrogen-bond donors (Lipinski definition) is 2. The minimum absolute atomic E-state index is 0.0173. The fourth-order valence-electron chi connectivity index (χ4n) is 1.53. The van der Waals surface area contributed by atoms with Gasteiger partial charge in [-0.3, -0.25) is 4.79 Å². The Balaban J connectivity index is 2.65. The quantitative estimate of drug-likeness (QED) is 0.841. The van der Waals surface area contributed by atoms with Crippen LogP contribution < -0.4 is 11.1 Å². The lowest BCUT2D eigenvalue weighted by Gasteiger charge is -2.21. The number of carbonyl (C=O) groups excluding carboxylic acids is 1. The molecule has 0 fully saturated rings. The van der Waals surface area contributed by atoms with E-state index in [-0.39, 0.29) is 11.3 Å². The molecule has 3 nitrogen and oxygen atoms in total. The fourth-order valence-corrected chi connectivity index (χ4v) is 1.53. The normalized spacial score (nSPS) is 11.4. The minimum Gasteiger partial charge on any atom is -0.330 e. The predicted molar refractivity (Wildman–Crippen MR) is 72.0 cm³/mol. The van der Waals surface area contributed by atoms with Gasteiger partial charge in [-0.05, 0) is 49.1 Å². The summed E-state index contributed by atoms with van der Waals surface area (Å²) in [7, 11) is 0. The number of nitrogens with two attached hydrogens (primary N) is 1. The van der Waals surface area contributed by atoms with Gasteiger partial charge in [0.05, 0.1) is 0 Å². The van der Waals surface area contributed by atoms with Crippen molar-refractivity contribution in [3.8, 4) is 0 Å². The Hall–Kier alpha value is -1.35. The third-order valence-corrected chi connectivity index (χ3v) is 2.98. The van der Waals surface area contributed by atoms with Crippen molar-refractivity contribution in [3.63, 3.8) is 0 Å². The highest BCUT2D eigenvalue weighted by Crippen LogP contribution is 2.20. The summed E-state index contributed by atoms with van der Waals surface area (Å²) in [6.45, 7) is 8.58. The zero-order valence-electron chi connectivity index (χ0n) is 11.1. The van der Waals surface area contributed by atoms with Gasteiger partial charge in [0, 0.05) is 12.1 Å². The number of aryl methyl sites for hydroxylation is 2. The van der Waals surface area contributed by atoms with Gasteiger partial charge in [0.2, 0.25) is 5.91 Å². The molecular weight excluding hydrogens is 212 g/mol. The van der Waals surface area contributed by atoms with E-state index < -0.39 is 0 Å². The van der Waals surface area contributed by atoms with Crippen molar-refractivity contribution in [2.24, 2.45) is 11.1 Å². The summed E-state index contributed by atoms with van der Waals surface area (Å²) in [4.78, 5) is 11.8. The van der Waals surface area contributed by atoms with Crippen LogP contribution in [0.4, 0.5) is 5.69 Å². The second-order valence-electron chi connectivity index (χ2n) is 5.39. The Morgan fingerprint density at radius 1 is 1.29 bits per heavy atom. The van der Waals surface area contributed by atoms with E-state index >= 15 is 0 Å². The van der Waals surface area contributed by atoms with Gasteiger partial charge in [0.25, 0.3) is 0 Å². The lowest BCUT2D eigenvalue weighted by atomic mass is 9.89. The molecule has 0 spiro atoms. The molecule has 0 aliphatic rings. The fraction of sp³-hybridized carbons (Fsp3) is 0.500. The molecule has 0 bridgehead atoms. The average molecular weight is 234 g/mol. The van der Waals surface area contributed by atoms with Crippen LogP contribution in [-0.4, -0.2) is 12.5 Å². The number of rotatable bonds is 4. The van der Waals surface area contributed by atoms with Crippen LogP contribution in [0.5, 0.6) is 0 Å². The van der Waals surface area contributed by atoms with Gasteiger partial charge in [-0.15, -0.1) is 0 Å². The smallest absolute Gasteiger partial charge is 0.224 e. The van der Waals surface area contributed by atoms with Crippen molar-refractivity contribution in [2.45, 2.75) is 34.1 Å². The first-order chi connectivity index (χ1) is 7.84. The highest BCUT2D eigenvalue weighted by molar-refractivity contribution is 5.91. The van der Waals surface area contributed by atoms with Crippen LogP contribution >= 0.6 is 0 Å². The van der Waals surface area contributed by atoms with E-state index in [0.29, 0.717) is 13.0 Å². The van der Waals surface area contributed by atoms with Gasteiger partial charge in [0.1, 0.15) is 0 Å². The topological polar surface area (TPSA) is 55.1 Å². The van der Waals surface area contributed by atoms with Crippen LogP contribution in [0.15, 0.2) is 18.2 Å². The molecule has 0 unspecified atom stereocenters. The molecular formula is C14H22N2O. The third-order valence-electron chi connectivity index (χ3n) is 2.98. The largest absolute Gasteiger partial charge is 0.330 e. The van der Waals surface area contributed by atoms with Crippen molar-refractivity contribution >= 4 is 11.6 Å². The van der Waals surface area contributed by atoms with Crippen LogP contribution in [0.1, 0.15) is 31.4 Å². The summed E-state index contributed by atoms with van der Waals surface area (Å²) < 4.78 is 0. The molecule has 0 saturated heterocycles. The van der Waals surface area contributed by atoms with Crippen molar-refractivity contribution in [1.82, 2.24) is 0 Å². The van der Waals surface area contributed by atoms with Crippen LogP contribution in [-0.2, 0) is 4.79 Å². The average Bonchev–Trinajstić information content (AvgIpc) is 2.23. The van der Waals surface area contributed by atoms with Crippen molar-refractivity contribution in [2.75, 3.05) is 11.9 Å². The molecule has 3 heteroatoms. The zero-order chi connectivity index (χ0) is 13.1. The number of benzene rings is 1. The van der Waals surface area contributed by atoms with Crippen molar-refractivity contribution < 1.29 is 4.79 Å². The van der Waals surface area contributed by atoms with Crippen LogP contribution in [0.3, 0.4) is 0 Å². The van der Waals surface area contributed by atoms with Crippen LogP contribution in [0.25, 0.3) is 0 Å². The van der Waals surface area contributed by atoms with Crippen molar-refractivity contribution in [1.29, 1.82) is 0 Å². The Kier molecular flexibility index (Phi) is 4.29. The highest BCUT2D eigenvalue weighted by atomic mass is 16.1. The molecule has 1 amide bonds. The van der Waals surface area contributed by atoms with E-state index in [2.05, 4.69) is 12.2 Å². The summed E-state index contributed by atoms with van der Waals surface area (Å²) >= 11 is 0. The van der Waals surface area contributed by atoms with Crippen LogP contribution in [0, 0.1) is 19.3 Å². The Morgan fingerprint density at radius 2 is 1.94 bits per heavy atom. The predicted octanol–water partition coefficient (Wildman–Crippen LogP) is 2.62. The number of amides is 1. The lowest BCUT2D eigenvalue weighted by Crippen LogP contribution is -2.29. The number of carbonyl (C=O) groups is 1. The molecule has 0 aromatic heterocycles. The van der Waals surface area contributed by atoms with Gasteiger partial charge < -0.3 is 11.1 Å². The van der Waals surface area contributed by atoms with E-state index in [1.165, 1.54) is 11.1 Å². The first-order valence-electron chi connectivity index (χ1n) is 5.91. The molecule has 1 rings (SSSR count). The summed E-state index contributed by atoms with van der Waals surface area (Å²) in [5, 5.41) is 2.91. The number of hydrogen-bond acceptors (Lipinski definition) is 2. The molecule has 0 radical (unpaired) electrons. The number of anilines is 1. The molecule has 0 saturated carbocycles. The van der Waals surface area contributed by atoms with E-state index in [9.17, 15) is 4.79 Å². The standard InChI is InChI=1S/C14H22N2O/c1-10-5-6-12(7-11(10)2)16-13(17)8-14(3,4)9-15/h5-7H,8-9,15H2,1-4H3,(H,16,17). The molecule has 1 aromatic rings. The SMILES string of the molecule is Cc1ccc(NC(=O)CC(C)(C)CN)cc1C. The lowest BCUT2D eigenvalue weighted by molar-refractivity contribution is -0.117. The maximum atomic E-state index is 11.8. The zero-order valence-corrected chi connectivity index (χ0v) is 11.1. The van der Waals surface area contributed by atoms with Crippen LogP contribution in [0.2, 0.25) is 0 Å². The second-order valence-corrected chi connectivity index (χ2v) is 5.39. The second kappa shape index (κ2) is 5.32. The molecule has 1 aromatic carbocycles. The molecule has 94 valence electrons. The van der Waals surface area contributed by atoms with Crippen molar-refractivity contribution in [3.05, 3.63) is 29.3 Å². The third kappa shape index (κ3) is 4.19. The summed E-state index contributed by atoms with van der Waals surface area (Å²) in [5.74, 6) is 0.0173. The monoisotopic (exact) mass is 234 g/mol. The Labute approximate surface area is 103 Å². The molecule has 0 heterocycles. The molecule has 17 heavy (non-hydrogen) atoms. The maximum Gasteiger partial charge on any atom is 0.224 e. The highest BCUT2D eigenvalue weighted by Gasteiger charge is 2.20. The molecule has 0 aliphatic carbocycles. The first-order valence-corrected chi connectivity index (χ1v) is 5.91. The summed E-state index contributed by atoms with van der Waals surface area (Å²) in [6, 6.07) is 5.93. The van der Waals surface area contributed by atoms with Gasteiger partial charge in [-0.25, -0.2) is 0 Å². The van der Waals surface area contributed by atoms with E-state index in [4.69, 9.17) is 5.73 Å². The number of nitrogens with one attached hydrogen (secondary N) is 1. The van der Waals surface area contributed by atoms with E-state index in [0.717, 1.165) is 5.69 Å². The Morgan fingerprint density at radius 3 is 2.47 bits per heavy atom. The van der Waals surface area contributed by atoms with E-state index in [1.54, 1.807) is 0 Å². The Bertz CT molecular complexity index is 411. The van der Waals surface area contributed by atoms with Gasteiger partial charge >= 0.3 is 0 Å². The summed E-state index contributed by atoms with van der Waals surface area (Å²) in [6.07, 6.45) is 0.441. The minimum atomic E-state index is -0.149. The summed E-state index contributed by atoms with van der Waals surface area (Å²) in [5.41, 5.74) is 8.72. The van der Waals surface area contributed by atoms with Gasteiger partial charge in [-0.2, -0.15) is 0 Å². The molecule has 0 atom stereocenters. The van der Waals surface area contributed by atoms with E-state index in [1.807, 2.05) is 39.0 Å². The van der Waals surface area contributed by atoms with Gasteiger partial charge in [-0.1, -0.05) is 19.9 Å². The molecule has 3 N–H and O–H groups in total. The first kappa shape index (κ1) is 13.7.